The van der Waals surface area contributed by atoms with Gasteiger partial charge in [-0.3, -0.25) is 9.88 Å². The van der Waals surface area contributed by atoms with Gasteiger partial charge < -0.3 is 4.57 Å². The van der Waals surface area contributed by atoms with Crippen LogP contribution in [0.3, 0.4) is 0 Å². The van der Waals surface area contributed by atoms with Crippen molar-refractivity contribution >= 4 is 11.3 Å². The van der Waals surface area contributed by atoms with Gasteiger partial charge >= 0.3 is 0 Å². The summed E-state index contributed by atoms with van der Waals surface area (Å²) in [7, 11) is 1.97. The lowest BCUT2D eigenvalue weighted by Crippen LogP contribution is -2.32. The third-order valence-electron chi connectivity index (χ3n) is 4.60. The number of hydrogen-bond acceptors (Lipinski definition) is 6. The highest BCUT2D eigenvalue weighted by Gasteiger charge is 2.22. The fourth-order valence-electron chi connectivity index (χ4n) is 3.21. The van der Waals surface area contributed by atoms with Gasteiger partial charge in [0.2, 0.25) is 0 Å². The van der Waals surface area contributed by atoms with Crippen LogP contribution < -0.4 is 0 Å². The van der Waals surface area contributed by atoms with Crippen LogP contribution in [0.5, 0.6) is 0 Å². The molecule has 1 aliphatic heterocycles. The standard InChI is InChI=1S/C17H20N6S/c1-22-7-4-18-17(22)16-9-19-15(8-20-16)13-2-5-23(6-3-13)10-14-11-24-12-21-14/h4,7-9,11-13H,2-3,5-6,10H2,1H3. The summed E-state index contributed by atoms with van der Waals surface area (Å²) < 4.78 is 1.96. The summed E-state index contributed by atoms with van der Waals surface area (Å²) in [4.78, 5) is 20.4. The van der Waals surface area contributed by atoms with Crippen molar-refractivity contribution in [3.63, 3.8) is 0 Å². The van der Waals surface area contributed by atoms with Crippen LogP contribution in [0.1, 0.15) is 30.1 Å². The average molecular weight is 340 g/mol. The molecule has 0 atom stereocenters. The molecule has 6 nitrogen and oxygen atoms in total. The van der Waals surface area contributed by atoms with Crippen LogP contribution in [0.4, 0.5) is 0 Å². The quantitative estimate of drug-likeness (QED) is 0.731. The molecule has 1 saturated heterocycles. The third-order valence-corrected chi connectivity index (χ3v) is 5.23. The second kappa shape index (κ2) is 6.78. The zero-order chi connectivity index (χ0) is 16.4. The topological polar surface area (TPSA) is 59.7 Å². The van der Waals surface area contributed by atoms with Gasteiger partial charge in [-0.25, -0.2) is 15.0 Å². The molecular weight excluding hydrogens is 320 g/mol. The molecule has 4 heterocycles. The molecule has 0 saturated carbocycles. The second-order valence-corrected chi connectivity index (χ2v) is 6.94. The highest BCUT2D eigenvalue weighted by Crippen LogP contribution is 2.27. The molecule has 0 spiro atoms. The first kappa shape index (κ1) is 15.4. The summed E-state index contributed by atoms with van der Waals surface area (Å²) in [6, 6.07) is 0. The predicted octanol–water partition coefficient (Wildman–Crippen LogP) is 2.71. The van der Waals surface area contributed by atoms with E-state index in [0.717, 1.165) is 49.7 Å². The first-order valence-corrected chi connectivity index (χ1v) is 9.13. The molecule has 1 fully saturated rings. The number of thiazole rings is 1. The maximum Gasteiger partial charge on any atom is 0.159 e. The van der Waals surface area contributed by atoms with Gasteiger partial charge in [-0.1, -0.05) is 0 Å². The van der Waals surface area contributed by atoms with Crippen molar-refractivity contribution < 1.29 is 0 Å². The minimum Gasteiger partial charge on any atom is -0.333 e. The Kier molecular flexibility index (Phi) is 4.36. The van der Waals surface area contributed by atoms with Crippen molar-refractivity contribution in [1.29, 1.82) is 0 Å². The Hall–Kier alpha value is -2.12. The minimum atomic E-state index is 0.500. The lowest BCUT2D eigenvalue weighted by atomic mass is 9.93. The summed E-state index contributed by atoms with van der Waals surface area (Å²) in [5, 5.41) is 2.13. The van der Waals surface area contributed by atoms with Crippen LogP contribution in [0.25, 0.3) is 11.5 Å². The number of rotatable bonds is 4. The number of nitrogens with zero attached hydrogens (tertiary/aromatic N) is 6. The van der Waals surface area contributed by atoms with E-state index in [2.05, 4.69) is 30.2 Å². The molecule has 0 N–H and O–H groups in total. The number of piperidine rings is 1. The second-order valence-electron chi connectivity index (χ2n) is 6.22. The van der Waals surface area contributed by atoms with E-state index in [4.69, 9.17) is 0 Å². The van der Waals surface area contributed by atoms with Gasteiger partial charge in [0.1, 0.15) is 5.69 Å². The predicted molar refractivity (Wildman–Crippen MR) is 93.6 cm³/mol. The Morgan fingerprint density at radius 1 is 1.12 bits per heavy atom. The van der Waals surface area contributed by atoms with E-state index in [9.17, 15) is 0 Å². The van der Waals surface area contributed by atoms with E-state index >= 15 is 0 Å². The number of imidazole rings is 1. The normalized spacial score (nSPS) is 16.5. The van der Waals surface area contributed by atoms with Gasteiger partial charge in [0, 0.05) is 43.5 Å². The largest absolute Gasteiger partial charge is 0.333 e. The highest BCUT2D eigenvalue weighted by atomic mass is 32.1. The Bertz CT molecular complexity index is 772. The Morgan fingerprint density at radius 3 is 2.62 bits per heavy atom. The summed E-state index contributed by atoms with van der Waals surface area (Å²) in [5.41, 5.74) is 5.01. The smallest absolute Gasteiger partial charge is 0.159 e. The molecule has 0 radical (unpaired) electrons. The maximum absolute atomic E-state index is 4.66. The summed E-state index contributed by atoms with van der Waals surface area (Å²) in [5.74, 6) is 1.35. The fraction of sp³-hybridized carbons (Fsp3) is 0.412. The van der Waals surface area contributed by atoms with E-state index in [1.165, 1.54) is 5.69 Å². The molecule has 7 heteroatoms. The monoisotopic (exact) mass is 340 g/mol. The van der Waals surface area contributed by atoms with E-state index < -0.39 is 0 Å². The SMILES string of the molecule is Cn1ccnc1-c1cnc(C2CCN(Cc3cscn3)CC2)cn1. The van der Waals surface area contributed by atoms with E-state index in [1.54, 1.807) is 17.5 Å². The Balaban J connectivity index is 1.38. The Morgan fingerprint density at radius 2 is 2.00 bits per heavy atom. The lowest BCUT2D eigenvalue weighted by molar-refractivity contribution is 0.201. The van der Waals surface area contributed by atoms with Gasteiger partial charge in [0.05, 0.1) is 23.1 Å². The van der Waals surface area contributed by atoms with Crippen LogP contribution in [0.2, 0.25) is 0 Å². The third kappa shape index (κ3) is 3.22. The van der Waals surface area contributed by atoms with E-state index in [0.29, 0.717) is 5.92 Å². The van der Waals surface area contributed by atoms with E-state index in [-0.39, 0.29) is 0 Å². The highest BCUT2D eigenvalue weighted by molar-refractivity contribution is 7.07. The summed E-state index contributed by atoms with van der Waals surface area (Å²) >= 11 is 1.66. The van der Waals surface area contributed by atoms with Gasteiger partial charge in [-0.05, 0) is 25.9 Å². The lowest BCUT2D eigenvalue weighted by Gasteiger charge is -2.31. The van der Waals surface area contributed by atoms with Gasteiger partial charge in [-0.15, -0.1) is 11.3 Å². The molecule has 0 unspecified atom stereocenters. The van der Waals surface area contributed by atoms with Gasteiger partial charge in [0.15, 0.2) is 5.82 Å². The molecule has 124 valence electrons. The fourth-order valence-corrected chi connectivity index (χ4v) is 3.76. The zero-order valence-electron chi connectivity index (χ0n) is 13.7. The molecule has 1 aliphatic rings. The van der Waals surface area contributed by atoms with Crippen LogP contribution in [0, 0.1) is 0 Å². The Labute approximate surface area is 145 Å². The van der Waals surface area contributed by atoms with Gasteiger partial charge in [0.25, 0.3) is 0 Å². The van der Waals surface area contributed by atoms with Crippen molar-refractivity contribution in [2.75, 3.05) is 13.1 Å². The molecule has 0 aliphatic carbocycles. The first-order chi connectivity index (χ1) is 11.8. The summed E-state index contributed by atoms with van der Waals surface area (Å²) in [6.07, 6.45) is 9.72. The number of likely N-dealkylation sites (tertiary alicyclic amines) is 1. The molecule has 0 amide bonds. The van der Waals surface area contributed by atoms with Crippen molar-refractivity contribution in [2.45, 2.75) is 25.3 Å². The molecule has 4 rings (SSSR count). The van der Waals surface area contributed by atoms with Gasteiger partial charge in [-0.2, -0.15) is 0 Å². The van der Waals surface area contributed by atoms with Crippen LogP contribution >= 0.6 is 11.3 Å². The number of aryl methyl sites for hydroxylation is 1. The summed E-state index contributed by atoms with van der Waals surface area (Å²) in [6.45, 7) is 3.13. The van der Waals surface area contributed by atoms with Crippen molar-refractivity contribution in [1.82, 2.24) is 29.4 Å². The van der Waals surface area contributed by atoms with Crippen molar-refractivity contribution in [3.05, 3.63) is 47.1 Å². The first-order valence-electron chi connectivity index (χ1n) is 8.18. The molecule has 24 heavy (non-hydrogen) atoms. The van der Waals surface area contributed by atoms with Crippen molar-refractivity contribution in [2.24, 2.45) is 7.05 Å². The van der Waals surface area contributed by atoms with E-state index in [1.807, 2.05) is 35.7 Å². The van der Waals surface area contributed by atoms with Crippen LogP contribution in [-0.4, -0.2) is 42.5 Å². The zero-order valence-corrected chi connectivity index (χ0v) is 14.5. The maximum atomic E-state index is 4.66. The average Bonchev–Trinajstić information content (AvgIpc) is 3.27. The van der Waals surface area contributed by atoms with Crippen LogP contribution in [-0.2, 0) is 13.6 Å². The molecule has 3 aromatic heterocycles. The number of hydrogen-bond donors (Lipinski definition) is 0. The number of aromatic nitrogens is 5. The molecule has 0 bridgehead atoms. The van der Waals surface area contributed by atoms with Crippen molar-refractivity contribution in [3.8, 4) is 11.5 Å². The molecule has 0 aromatic carbocycles. The molecule has 3 aromatic rings. The molecular formula is C17H20N6S. The van der Waals surface area contributed by atoms with Crippen LogP contribution in [0.15, 0.2) is 35.7 Å². The minimum absolute atomic E-state index is 0.500.